The maximum absolute atomic E-state index is 13.2. The number of carbonyl (C=O) groups excluding carboxylic acids is 3. The van der Waals surface area contributed by atoms with Crippen LogP contribution in [-0.2, 0) is 0 Å². The Morgan fingerprint density at radius 3 is 2.48 bits per heavy atom. The third-order valence-corrected chi connectivity index (χ3v) is 6.76. The van der Waals surface area contributed by atoms with Crippen molar-refractivity contribution < 1.29 is 18.8 Å². The number of hydrogen-bond donors (Lipinski definition) is 2. The number of amides is 3. The molecule has 1 fully saturated rings. The van der Waals surface area contributed by atoms with Gasteiger partial charge in [0, 0.05) is 24.3 Å². The molecule has 1 saturated heterocycles. The van der Waals surface area contributed by atoms with Crippen LogP contribution in [0.4, 0.5) is 15.1 Å². The van der Waals surface area contributed by atoms with Crippen molar-refractivity contribution in [2.75, 3.05) is 23.7 Å². The van der Waals surface area contributed by atoms with Gasteiger partial charge >= 0.3 is 0 Å². The summed E-state index contributed by atoms with van der Waals surface area (Å²) in [5.41, 5.74) is 1.86. The fraction of sp³-hybridized carbons (Fsp3) is 0.208. The van der Waals surface area contributed by atoms with Crippen molar-refractivity contribution in [2.45, 2.75) is 19.8 Å². The van der Waals surface area contributed by atoms with Gasteiger partial charge in [0.25, 0.3) is 17.7 Å². The lowest BCUT2D eigenvalue weighted by Crippen LogP contribution is -2.27. The van der Waals surface area contributed by atoms with E-state index in [1.54, 1.807) is 37.3 Å². The number of hydrogen-bond acceptors (Lipinski definition) is 4. The van der Waals surface area contributed by atoms with E-state index in [-0.39, 0.29) is 22.4 Å². The van der Waals surface area contributed by atoms with Crippen LogP contribution in [0, 0.1) is 12.7 Å². The minimum Gasteiger partial charge on any atom is -0.339 e. The van der Waals surface area contributed by atoms with E-state index in [2.05, 4.69) is 10.6 Å². The first kappa shape index (κ1) is 22.9. The van der Waals surface area contributed by atoms with Crippen LogP contribution in [0.2, 0.25) is 5.02 Å². The average Bonchev–Trinajstić information content (AvgIpc) is 3.43. The summed E-state index contributed by atoms with van der Waals surface area (Å²) >= 11 is 7.07. The van der Waals surface area contributed by atoms with E-state index in [1.165, 1.54) is 6.07 Å². The van der Waals surface area contributed by atoms with Crippen molar-refractivity contribution >= 4 is 51.3 Å². The van der Waals surface area contributed by atoms with E-state index in [1.807, 2.05) is 4.90 Å². The third-order valence-electron chi connectivity index (χ3n) is 5.30. The number of thiophene rings is 1. The molecule has 2 aromatic carbocycles. The molecule has 6 nitrogen and oxygen atoms in total. The van der Waals surface area contributed by atoms with Crippen molar-refractivity contribution in [3.8, 4) is 0 Å². The lowest BCUT2D eigenvalue weighted by molar-refractivity contribution is 0.0792. The molecule has 4 rings (SSSR count). The number of aryl methyl sites for hydroxylation is 1. The van der Waals surface area contributed by atoms with Crippen LogP contribution in [0.5, 0.6) is 0 Å². The van der Waals surface area contributed by atoms with Gasteiger partial charge in [0.1, 0.15) is 5.82 Å². The highest BCUT2D eigenvalue weighted by atomic mass is 35.5. The smallest absolute Gasteiger partial charge is 0.266 e. The zero-order valence-corrected chi connectivity index (χ0v) is 19.4. The Kier molecular flexibility index (Phi) is 6.76. The molecule has 0 saturated carbocycles. The zero-order chi connectivity index (χ0) is 23.5. The predicted octanol–water partition coefficient (Wildman–Crippen LogP) is 5.59. The SMILES string of the molecule is Cc1cc(NC(=O)c2ccc(F)cc2Cl)sc1C(=O)Nc1cccc(C(=O)N2CCCC2)c1. The summed E-state index contributed by atoms with van der Waals surface area (Å²) in [6.07, 6.45) is 2.01. The van der Waals surface area contributed by atoms with Gasteiger partial charge in [0.05, 0.1) is 20.5 Å². The van der Waals surface area contributed by atoms with Gasteiger partial charge in [-0.15, -0.1) is 11.3 Å². The molecule has 33 heavy (non-hydrogen) atoms. The van der Waals surface area contributed by atoms with Crippen molar-refractivity contribution in [3.63, 3.8) is 0 Å². The second-order valence-corrected chi connectivity index (χ2v) is 9.19. The molecule has 0 atom stereocenters. The summed E-state index contributed by atoms with van der Waals surface area (Å²) in [6.45, 7) is 3.27. The minimum absolute atomic E-state index is 0.00195. The summed E-state index contributed by atoms with van der Waals surface area (Å²) in [4.78, 5) is 40.2. The van der Waals surface area contributed by atoms with Crippen LogP contribution in [0.3, 0.4) is 0 Å². The number of likely N-dealkylation sites (tertiary alicyclic amines) is 1. The molecule has 3 aromatic rings. The van der Waals surface area contributed by atoms with Crippen LogP contribution in [-0.4, -0.2) is 35.7 Å². The first-order valence-corrected chi connectivity index (χ1v) is 11.6. The first-order valence-electron chi connectivity index (χ1n) is 10.4. The molecule has 0 radical (unpaired) electrons. The molecule has 0 spiro atoms. The number of nitrogens with zero attached hydrogens (tertiary/aromatic N) is 1. The average molecular weight is 486 g/mol. The number of rotatable bonds is 5. The molecule has 0 unspecified atom stereocenters. The van der Waals surface area contributed by atoms with Crippen molar-refractivity contribution in [2.24, 2.45) is 0 Å². The molecule has 0 aliphatic carbocycles. The van der Waals surface area contributed by atoms with E-state index in [0.29, 0.717) is 26.7 Å². The highest BCUT2D eigenvalue weighted by Crippen LogP contribution is 2.29. The molecule has 9 heteroatoms. The van der Waals surface area contributed by atoms with E-state index < -0.39 is 11.7 Å². The maximum Gasteiger partial charge on any atom is 0.266 e. The lowest BCUT2D eigenvalue weighted by atomic mass is 10.1. The number of nitrogens with one attached hydrogen (secondary N) is 2. The fourth-order valence-corrected chi connectivity index (χ4v) is 4.86. The largest absolute Gasteiger partial charge is 0.339 e. The number of carbonyl (C=O) groups is 3. The molecule has 1 aliphatic heterocycles. The van der Waals surface area contributed by atoms with E-state index in [4.69, 9.17) is 11.6 Å². The number of halogens is 2. The van der Waals surface area contributed by atoms with Gasteiger partial charge in [-0.3, -0.25) is 14.4 Å². The third kappa shape index (κ3) is 5.23. The second-order valence-electron chi connectivity index (χ2n) is 7.74. The molecule has 170 valence electrons. The molecule has 2 N–H and O–H groups in total. The van der Waals surface area contributed by atoms with Crippen LogP contribution >= 0.6 is 22.9 Å². The Labute approximate surface area is 199 Å². The normalized spacial score (nSPS) is 13.1. The monoisotopic (exact) mass is 485 g/mol. The van der Waals surface area contributed by atoms with Crippen molar-refractivity contribution in [1.29, 1.82) is 0 Å². The Bertz CT molecular complexity index is 1240. The van der Waals surface area contributed by atoms with Crippen LogP contribution in [0.1, 0.15) is 48.8 Å². The molecule has 0 bridgehead atoms. The van der Waals surface area contributed by atoms with Crippen LogP contribution < -0.4 is 10.6 Å². The number of anilines is 2. The minimum atomic E-state index is -0.534. The zero-order valence-electron chi connectivity index (χ0n) is 17.8. The molecule has 1 aliphatic rings. The van der Waals surface area contributed by atoms with Gasteiger partial charge in [0.2, 0.25) is 0 Å². The quantitative estimate of drug-likeness (QED) is 0.494. The molecule has 1 aromatic heterocycles. The predicted molar refractivity (Wildman–Crippen MR) is 128 cm³/mol. The number of benzene rings is 2. The van der Waals surface area contributed by atoms with E-state index >= 15 is 0 Å². The van der Waals surface area contributed by atoms with Gasteiger partial charge in [0.15, 0.2) is 0 Å². The summed E-state index contributed by atoms with van der Waals surface area (Å²) in [6, 6.07) is 12.1. The van der Waals surface area contributed by atoms with E-state index in [9.17, 15) is 18.8 Å². The molecule has 2 heterocycles. The summed E-state index contributed by atoms with van der Waals surface area (Å²) in [7, 11) is 0. The maximum atomic E-state index is 13.2. The van der Waals surface area contributed by atoms with Crippen LogP contribution in [0.25, 0.3) is 0 Å². The van der Waals surface area contributed by atoms with Crippen LogP contribution in [0.15, 0.2) is 48.5 Å². The summed E-state index contributed by atoms with van der Waals surface area (Å²) in [5.74, 6) is -1.42. The summed E-state index contributed by atoms with van der Waals surface area (Å²) < 4.78 is 13.2. The van der Waals surface area contributed by atoms with Gasteiger partial charge in [-0.1, -0.05) is 17.7 Å². The van der Waals surface area contributed by atoms with E-state index in [0.717, 1.165) is 49.4 Å². The molecular weight excluding hydrogens is 465 g/mol. The van der Waals surface area contributed by atoms with Crippen molar-refractivity contribution in [3.05, 3.63) is 80.9 Å². The van der Waals surface area contributed by atoms with Gasteiger partial charge in [-0.25, -0.2) is 4.39 Å². The first-order chi connectivity index (χ1) is 15.8. The Morgan fingerprint density at radius 2 is 1.76 bits per heavy atom. The molecule has 3 amide bonds. The second kappa shape index (κ2) is 9.72. The Hall–Kier alpha value is -3.23. The summed E-state index contributed by atoms with van der Waals surface area (Å²) in [5, 5.41) is 5.98. The van der Waals surface area contributed by atoms with Gasteiger partial charge in [-0.2, -0.15) is 0 Å². The highest BCUT2D eigenvalue weighted by Gasteiger charge is 2.21. The Balaban J connectivity index is 1.46. The standard InChI is InChI=1S/C24H21ClFN3O3S/c1-14-11-20(28-22(30)18-8-7-16(26)13-19(18)25)33-21(14)23(31)27-17-6-4-5-15(12-17)24(32)29-9-2-3-10-29/h4-8,11-13H,2-3,9-10H2,1H3,(H,27,31)(H,28,30). The Morgan fingerprint density at radius 1 is 1.00 bits per heavy atom. The lowest BCUT2D eigenvalue weighted by Gasteiger charge is -2.15. The van der Waals surface area contributed by atoms with Crippen molar-refractivity contribution in [1.82, 2.24) is 4.90 Å². The topological polar surface area (TPSA) is 78.5 Å². The van der Waals surface area contributed by atoms with Gasteiger partial charge < -0.3 is 15.5 Å². The van der Waals surface area contributed by atoms with Gasteiger partial charge in [-0.05, 0) is 67.8 Å². The molecular formula is C24H21ClFN3O3S. The fourth-order valence-electron chi connectivity index (χ4n) is 3.64. The highest BCUT2D eigenvalue weighted by molar-refractivity contribution is 7.18.